The number of hydrogen-bond donors (Lipinski definition) is 2. The number of hydrogen-bond acceptors (Lipinski definition) is 3. The number of aliphatic hydroxyl groups excluding tert-OH is 1. The van der Waals surface area contributed by atoms with E-state index in [0.29, 0.717) is 0 Å². The zero-order chi connectivity index (χ0) is 13.1. The van der Waals surface area contributed by atoms with Gasteiger partial charge in [0, 0.05) is 13.0 Å². The fourth-order valence-corrected chi connectivity index (χ4v) is 2.20. The Morgan fingerprint density at radius 2 is 1.94 bits per heavy atom. The molecule has 18 heavy (non-hydrogen) atoms. The fraction of sp³-hybridized carbons (Fsp3) is 0.385. The third-order valence-electron chi connectivity index (χ3n) is 3.08. The van der Waals surface area contributed by atoms with Gasteiger partial charge < -0.3 is 15.1 Å². The van der Waals surface area contributed by atoms with E-state index in [0.717, 1.165) is 5.56 Å². The first-order chi connectivity index (χ1) is 8.58. The Balaban J connectivity index is 2.06. The van der Waals surface area contributed by atoms with Gasteiger partial charge in [-0.2, -0.15) is 0 Å². The van der Waals surface area contributed by atoms with Crippen molar-refractivity contribution in [1.82, 2.24) is 4.90 Å². The van der Waals surface area contributed by atoms with Crippen LogP contribution in [0.2, 0.25) is 0 Å². The van der Waals surface area contributed by atoms with Gasteiger partial charge in [0.2, 0.25) is 5.91 Å². The van der Waals surface area contributed by atoms with Crippen LogP contribution < -0.4 is 0 Å². The number of likely N-dealkylation sites (tertiary alicyclic amines) is 1. The number of benzene rings is 1. The molecule has 96 valence electrons. The van der Waals surface area contributed by atoms with E-state index < -0.39 is 18.1 Å². The van der Waals surface area contributed by atoms with E-state index in [4.69, 9.17) is 5.11 Å². The predicted octanol–water partition coefficient (Wildman–Crippen LogP) is 0.275. The SMILES string of the molecule is O=C(O)C1CC(O)CN1C(=O)Cc1ccccc1. The third kappa shape index (κ3) is 2.68. The largest absolute Gasteiger partial charge is 0.480 e. The van der Waals surface area contributed by atoms with E-state index >= 15 is 0 Å². The summed E-state index contributed by atoms with van der Waals surface area (Å²) < 4.78 is 0. The highest BCUT2D eigenvalue weighted by atomic mass is 16.4. The molecule has 1 amide bonds. The molecule has 2 unspecified atom stereocenters. The number of carboxylic acids is 1. The van der Waals surface area contributed by atoms with E-state index in [9.17, 15) is 14.7 Å². The van der Waals surface area contributed by atoms with Crippen LogP contribution in [0, 0.1) is 0 Å². The topological polar surface area (TPSA) is 77.8 Å². The summed E-state index contributed by atoms with van der Waals surface area (Å²) in [6, 6.07) is 8.25. The number of nitrogens with zero attached hydrogens (tertiary/aromatic N) is 1. The molecule has 1 saturated heterocycles. The number of aliphatic hydroxyl groups is 1. The Kier molecular flexibility index (Phi) is 3.62. The van der Waals surface area contributed by atoms with Gasteiger partial charge >= 0.3 is 5.97 Å². The zero-order valence-electron chi connectivity index (χ0n) is 9.82. The van der Waals surface area contributed by atoms with Crippen molar-refractivity contribution in [2.75, 3.05) is 6.54 Å². The lowest BCUT2D eigenvalue weighted by molar-refractivity contribution is -0.148. The summed E-state index contributed by atoms with van der Waals surface area (Å²) in [6.45, 7) is 0.0998. The van der Waals surface area contributed by atoms with E-state index in [1.165, 1.54) is 4.90 Å². The van der Waals surface area contributed by atoms with Gasteiger partial charge in [0.15, 0.2) is 0 Å². The second kappa shape index (κ2) is 5.18. The summed E-state index contributed by atoms with van der Waals surface area (Å²) >= 11 is 0. The van der Waals surface area contributed by atoms with Crippen molar-refractivity contribution in [3.05, 3.63) is 35.9 Å². The molecule has 2 rings (SSSR count). The summed E-state index contributed by atoms with van der Waals surface area (Å²) in [6.07, 6.45) is -0.474. The number of carboxylic acid groups (broad SMARTS) is 1. The van der Waals surface area contributed by atoms with Crippen LogP contribution in [0.1, 0.15) is 12.0 Å². The number of aliphatic carboxylic acids is 1. The first kappa shape index (κ1) is 12.6. The molecule has 1 aromatic rings. The van der Waals surface area contributed by atoms with Gasteiger partial charge in [-0.3, -0.25) is 4.79 Å². The van der Waals surface area contributed by atoms with Crippen molar-refractivity contribution in [1.29, 1.82) is 0 Å². The summed E-state index contributed by atoms with van der Waals surface area (Å²) in [7, 11) is 0. The molecule has 1 aliphatic rings. The zero-order valence-corrected chi connectivity index (χ0v) is 9.82. The maximum absolute atomic E-state index is 12.0. The lowest BCUT2D eigenvalue weighted by Crippen LogP contribution is -2.41. The van der Waals surface area contributed by atoms with Gasteiger partial charge in [0.05, 0.1) is 12.5 Å². The van der Waals surface area contributed by atoms with E-state index in [2.05, 4.69) is 0 Å². The van der Waals surface area contributed by atoms with Crippen LogP contribution in [0.3, 0.4) is 0 Å². The van der Waals surface area contributed by atoms with Gasteiger partial charge in [0.1, 0.15) is 6.04 Å². The molecule has 1 heterocycles. The molecule has 2 N–H and O–H groups in total. The fourth-order valence-electron chi connectivity index (χ4n) is 2.20. The van der Waals surface area contributed by atoms with Crippen molar-refractivity contribution in [3.63, 3.8) is 0 Å². The molecule has 0 bridgehead atoms. The molecule has 0 radical (unpaired) electrons. The third-order valence-corrected chi connectivity index (χ3v) is 3.08. The minimum absolute atomic E-state index is 0.0998. The number of β-amino-alcohol motifs (C(OH)–C–C–N with tert-alkyl or cyclic N) is 1. The van der Waals surface area contributed by atoms with E-state index in [-0.39, 0.29) is 25.3 Å². The van der Waals surface area contributed by atoms with Crippen molar-refractivity contribution >= 4 is 11.9 Å². The molecular formula is C13H15NO4. The van der Waals surface area contributed by atoms with Crippen molar-refractivity contribution < 1.29 is 19.8 Å². The minimum atomic E-state index is -1.06. The molecule has 0 saturated carbocycles. The Morgan fingerprint density at radius 3 is 2.56 bits per heavy atom. The Labute approximate surface area is 105 Å². The molecule has 5 nitrogen and oxygen atoms in total. The highest BCUT2D eigenvalue weighted by Crippen LogP contribution is 2.19. The van der Waals surface area contributed by atoms with Crippen molar-refractivity contribution in [2.24, 2.45) is 0 Å². The maximum atomic E-state index is 12.0. The summed E-state index contributed by atoms with van der Waals surface area (Å²) in [5.74, 6) is -1.32. The molecule has 1 aliphatic heterocycles. The quantitative estimate of drug-likeness (QED) is 0.806. The molecule has 2 atom stereocenters. The molecule has 0 spiro atoms. The molecule has 1 fully saturated rings. The molecule has 1 aromatic carbocycles. The first-order valence-electron chi connectivity index (χ1n) is 5.82. The molecule has 0 aromatic heterocycles. The number of rotatable bonds is 3. The highest BCUT2D eigenvalue weighted by Gasteiger charge is 2.38. The van der Waals surface area contributed by atoms with Crippen LogP contribution in [0.25, 0.3) is 0 Å². The van der Waals surface area contributed by atoms with E-state index in [1.807, 2.05) is 30.3 Å². The standard InChI is InChI=1S/C13H15NO4/c15-10-7-11(13(17)18)14(8-10)12(16)6-9-4-2-1-3-5-9/h1-5,10-11,15H,6-8H2,(H,17,18). The number of carbonyl (C=O) groups excluding carboxylic acids is 1. The lowest BCUT2D eigenvalue weighted by Gasteiger charge is -2.21. The Hall–Kier alpha value is -1.88. The van der Waals surface area contributed by atoms with Crippen LogP contribution in [-0.4, -0.2) is 45.7 Å². The summed E-state index contributed by atoms with van der Waals surface area (Å²) in [4.78, 5) is 24.3. The maximum Gasteiger partial charge on any atom is 0.326 e. The van der Waals surface area contributed by atoms with Crippen LogP contribution in [0.15, 0.2) is 30.3 Å². The van der Waals surface area contributed by atoms with Gasteiger partial charge in [-0.05, 0) is 5.56 Å². The first-order valence-corrected chi connectivity index (χ1v) is 5.82. The Bertz CT molecular complexity index is 446. The van der Waals surface area contributed by atoms with Crippen LogP contribution >= 0.6 is 0 Å². The average molecular weight is 249 g/mol. The van der Waals surface area contributed by atoms with Gasteiger partial charge in [-0.1, -0.05) is 30.3 Å². The second-order valence-corrected chi connectivity index (χ2v) is 4.45. The van der Waals surface area contributed by atoms with Crippen molar-refractivity contribution in [2.45, 2.75) is 25.0 Å². The minimum Gasteiger partial charge on any atom is -0.480 e. The number of carbonyl (C=O) groups is 2. The van der Waals surface area contributed by atoms with Crippen LogP contribution in [-0.2, 0) is 16.0 Å². The van der Waals surface area contributed by atoms with Gasteiger partial charge in [0.25, 0.3) is 0 Å². The monoisotopic (exact) mass is 249 g/mol. The van der Waals surface area contributed by atoms with Crippen molar-refractivity contribution in [3.8, 4) is 0 Å². The normalized spacial score (nSPS) is 23.1. The molecular weight excluding hydrogens is 234 g/mol. The summed E-state index contributed by atoms with van der Waals surface area (Å²) in [5.41, 5.74) is 0.841. The average Bonchev–Trinajstić information content (AvgIpc) is 2.73. The Morgan fingerprint density at radius 1 is 1.28 bits per heavy atom. The molecule has 0 aliphatic carbocycles. The van der Waals surface area contributed by atoms with E-state index in [1.54, 1.807) is 0 Å². The summed E-state index contributed by atoms with van der Waals surface area (Å²) in [5, 5.41) is 18.5. The van der Waals surface area contributed by atoms with Crippen LogP contribution in [0.5, 0.6) is 0 Å². The second-order valence-electron chi connectivity index (χ2n) is 4.45. The highest BCUT2D eigenvalue weighted by molar-refractivity contribution is 5.85. The van der Waals surface area contributed by atoms with Crippen LogP contribution in [0.4, 0.5) is 0 Å². The smallest absolute Gasteiger partial charge is 0.326 e. The van der Waals surface area contributed by atoms with Gasteiger partial charge in [-0.15, -0.1) is 0 Å². The number of amides is 1. The lowest BCUT2D eigenvalue weighted by atomic mass is 10.1. The molecule has 5 heteroatoms. The van der Waals surface area contributed by atoms with Gasteiger partial charge in [-0.25, -0.2) is 4.79 Å². The predicted molar refractivity (Wildman–Crippen MR) is 63.9 cm³/mol.